The van der Waals surface area contributed by atoms with Gasteiger partial charge in [-0.1, -0.05) is 42.5 Å². The van der Waals surface area contributed by atoms with Gasteiger partial charge < -0.3 is 15.6 Å². The van der Waals surface area contributed by atoms with Crippen molar-refractivity contribution in [2.24, 2.45) is 0 Å². The Balaban J connectivity index is 1.68. The molecule has 0 aromatic heterocycles. The predicted octanol–water partition coefficient (Wildman–Crippen LogP) is 3.37. The highest BCUT2D eigenvalue weighted by atomic mass is 16.5. The van der Waals surface area contributed by atoms with Gasteiger partial charge in [-0.05, 0) is 23.8 Å². The number of para-hydroxylation sites is 1. The molecule has 4 rings (SSSR count). The predicted molar refractivity (Wildman–Crippen MR) is 101 cm³/mol. The zero-order valence-electron chi connectivity index (χ0n) is 14.4. The van der Waals surface area contributed by atoms with Gasteiger partial charge in [-0.3, -0.25) is 9.59 Å². The Morgan fingerprint density at radius 3 is 2.11 bits per heavy atom. The third-order valence-electron chi connectivity index (χ3n) is 4.69. The number of aromatic hydroxyl groups is 1. The summed E-state index contributed by atoms with van der Waals surface area (Å²) in [6.45, 7) is 0.325. The van der Waals surface area contributed by atoms with Crippen LogP contribution in [0.1, 0.15) is 37.4 Å². The van der Waals surface area contributed by atoms with E-state index in [4.69, 9.17) is 10.5 Å². The quantitative estimate of drug-likeness (QED) is 0.431. The van der Waals surface area contributed by atoms with Crippen molar-refractivity contribution in [2.75, 3.05) is 12.3 Å². The third kappa shape index (κ3) is 2.83. The van der Waals surface area contributed by atoms with Crippen LogP contribution in [0.15, 0.2) is 60.7 Å². The molecule has 0 spiro atoms. The van der Waals surface area contributed by atoms with Crippen LogP contribution in [0.3, 0.4) is 0 Å². The van der Waals surface area contributed by atoms with Crippen molar-refractivity contribution in [3.63, 3.8) is 0 Å². The number of ketones is 2. The molecule has 3 aromatic rings. The van der Waals surface area contributed by atoms with E-state index in [0.29, 0.717) is 24.2 Å². The molecular formula is C22H17NO4. The molecule has 0 heterocycles. The van der Waals surface area contributed by atoms with Gasteiger partial charge in [-0.2, -0.15) is 0 Å². The van der Waals surface area contributed by atoms with Crippen LogP contribution in [-0.2, 0) is 6.42 Å². The molecule has 0 fully saturated rings. The Labute approximate surface area is 156 Å². The Kier molecular flexibility index (Phi) is 4.12. The summed E-state index contributed by atoms with van der Waals surface area (Å²) in [6.07, 6.45) is 0.394. The molecular weight excluding hydrogens is 342 g/mol. The Bertz CT molecular complexity index is 1060. The second-order valence-corrected chi connectivity index (χ2v) is 6.33. The number of nitrogen functional groups attached to an aromatic ring is 1. The minimum absolute atomic E-state index is 0.0241. The smallest absolute Gasteiger partial charge is 0.198 e. The molecule has 0 atom stereocenters. The standard InChI is InChI=1S/C22H17NO4/c23-20-13(10-11-27-14-6-2-1-3-7-14)12-17(24)18-19(20)22(26)16-9-5-4-8-15(16)21(18)25/h1-9,12,24H,10-11,23H2. The molecule has 0 unspecified atom stereocenters. The lowest BCUT2D eigenvalue weighted by Gasteiger charge is -2.21. The molecule has 3 aromatic carbocycles. The number of phenols is 1. The van der Waals surface area contributed by atoms with Crippen molar-refractivity contribution in [1.29, 1.82) is 0 Å². The first kappa shape index (κ1) is 16.8. The Morgan fingerprint density at radius 2 is 1.44 bits per heavy atom. The summed E-state index contributed by atoms with van der Waals surface area (Å²) in [5.74, 6) is -0.254. The monoisotopic (exact) mass is 359 g/mol. The molecule has 0 amide bonds. The van der Waals surface area contributed by atoms with Gasteiger partial charge in [0.1, 0.15) is 11.5 Å². The lowest BCUT2D eigenvalue weighted by molar-refractivity contribution is 0.0977. The first-order valence-electron chi connectivity index (χ1n) is 8.58. The second-order valence-electron chi connectivity index (χ2n) is 6.33. The number of benzene rings is 3. The molecule has 5 heteroatoms. The summed E-state index contributed by atoms with van der Waals surface area (Å²) in [6, 6.07) is 17.3. The largest absolute Gasteiger partial charge is 0.507 e. The zero-order chi connectivity index (χ0) is 19.0. The summed E-state index contributed by atoms with van der Waals surface area (Å²) < 4.78 is 5.66. The number of anilines is 1. The van der Waals surface area contributed by atoms with Gasteiger partial charge in [0.05, 0.1) is 17.7 Å². The van der Waals surface area contributed by atoms with E-state index in [-0.39, 0.29) is 33.9 Å². The molecule has 0 saturated heterocycles. The fraction of sp³-hybridized carbons (Fsp3) is 0.0909. The van der Waals surface area contributed by atoms with Crippen molar-refractivity contribution >= 4 is 17.3 Å². The van der Waals surface area contributed by atoms with Crippen LogP contribution in [0.25, 0.3) is 0 Å². The Morgan fingerprint density at radius 1 is 0.852 bits per heavy atom. The second kappa shape index (κ2) is 6.61. The molecule has 0 aliphatic heterocycles. The fourth-order valence-corrected chi connectivity index (χ4v) is 3.35. The number of ether oxygens (including phenoxy) is 1. The minimum Gasteiger partial charge on any atom is -0.507 e. The topological polar surface area (TPSA) is 89.6 Å². The summed E-state index contributed by atoms with van der Waals surface area (Å²) in [4.78, 5) is 25.6. The van der Waals surface area contributed by atoms with Crippen molar-refractivity contribution < 1.29 is 19.4 Å². The van der Waals surface area contributed by atoms with E-state index >= 15 is 0 Å². The SMILES string of the molecule is Nc1c(CCOc2ccccc2)cc(O)c2c1C(=O)c1ccccc1C2=O. The van der Waals surface area contributed by atoms with Crippen LogP contribution < -0.4 is 10.5 Å². The third-order valence-corrected chi connectivity index (χ3v) is 4.69. The van der Waals surface area contributed by atoms with Crippen LogP contribution >= 0.6 is 0 Å². The number of fused-ring (bicyclic) bond motifs is 2. The maximum absolute atomic E-state index is 12.9. The summed E-state index contributed by atoms with van der Waals surface area (Å²) in [7, 11) is 0. The number of hydrogen-bond donors (Lipinski definition) is 2. The first-order chi connectivity index (χ1) is 13.1. The summed E-state index contributed by atoms with van der Waals surface area (Å²) in [5.41, 5.74) is 7.65. The number of phenolic OH excluding ortho intramolecular Hbond substituents is 1. The van der Waals surface area contributed by atoms with E-state index in [1.807, 2.05) is 30.3 Å². The van der Waals surface area contributed by atoms with E-state index in [9.17, 15) is 14.7 Å². The molecule has 3 N–H and O–H groups in total. The normalized spacial score (nSPS) is 12.4. The number of carbonyl (C=O) groups is 2. The number of nitrogens with two attached hydrogens (primary N) is 1. The number of carbonyl (C=O) groups excluding carboxylic acids is 2. The van der Waals surface area contributed by atoms with E-state index in [1.54, 1.807) is 24.3 Å². The van der Waals surface area contributed by atoms with Gasteiger partial charge in [0.15, 0.2) is 11.6 Å². The maximum atomic E-state index is 12.9. The minimum atomic E-state index is -0.392. The van der Waals surface area contributed by atoms with Crippen LogP contribution in [-0.4, -0.2) is 23.3 Å². The lowest BCUT2D eigenvalue weighted by atomic mass is 9.81. The van der Waals surface area contributed by atoms with Gasteiger partial charge in [0.25, 0.3) is 0 Å². The molecule has 5 nitrogen and oxygen atoms in total. The average Bonchev–Trinajstić information content (AvgIpc) is 2.69. The molecule has 1 aliphatic rings. The van der Waals surface area contributed by atoms with Gasteiger partial charge in [-0.15, -0.1) is 0 Å². The van der Waals surface area contributed by atoms with E-state index in [1.165, 1.54) is 6.07 Å². The molecule has 134 valence electrons. The summed E-state index contributed by atoms with van der Waals surface area (Å²) >= 11 is 0. The van der Waals surface area contributed by atoms with Crippen LogP contribution in [0, 0.1) is 0 Å². The fourth-order valence-electron chi connectivity index (χ4n) is 3.35. The average molecular weight is 359 g/mol. The van der Waals surface area contributed by atoms with Crippen molar-refractivity contribution in [3.05, 3.63) is 88.5 Å². The van der Waals surface area contributed by atoms with Gasteiger partial charge in [-0.25, -0.2) is 0 Å². The highest BCUT2D eigenvalue weighted by Gasteiger charge is 2.34. The van der Waals surface area contributed by atoms with Crippen molar-refractivity contribution in [2.45, 2.75) is 6.42 Å². The maximum Gasteiger partial charge on any atom is 0.198 e. The van der Waals surface area contributed by atoms with Gasteiger partial charge in [0, 0.05) is 23.2 Å². The first-order valence-corrected chi connectivity index (χ1v) is 8.58. The van der Waals surface area contributed by atoms with Crippen molar-refractivity contribution in [3.8, 4) is 11.5 Å². The van der Waals surface area contributed by atoms with E-state index < -0.39 is 5.78 Å². The summed E-state index contributed by atoms with van der Waals surface area (Å²) in [5, 5.41) is 10.4. The highest BCUT2D eigenvalue weighted by Crippen LogP contribution is 2.38. The lowest BCUT2D eigenvalue weighted by Crippen LogP contribution is -2.23. The van der Waals surface area contributed by atoms with Crippen LogP contribution in [0.5, 0.6) is 11.5 Å². The van der Waals surface area contributed by atoms with Gasteiger partial charge in [0.2, 0.25) is 0 Å². The molecule has 0 radical (unpaired) electrons. The van der Waals surface area contributed by atoms with Crippen molar-refractivity contribution in [1.82, 2.24) is 0 Å². The Hall–Kier alpha value is -3.60. The van der Waals surface area contributed by atoms with Crippen LogP contribution in [0.4, 0.5) is 5.69 Å². The molecule has 1 aliphatic carbocycles. The van der Waals surface area contributed by atoms with E-state index in [0.717, 1.165) is 5.75 Å². The number of rotatable bonds is 4. The number of hydrogen-bond acceptors (Lipinski definition) is 5. The molecule has 0 saturated carbocycles. The van der Waals surface area contributed by atoms with Crippen LogP contribution in [0.2, 0.25) is 0 Å². The highest BCUT2D eigenvalue weighted by molar-refractivity contribution is 6.31. The van der Waals surface area contributed by atoms with E-state index in [2.05, 4.69) is 0 Å². The zero-order valence-corrected chi connectivity index (χ0v) is 14.4. The molecule has 0 bridgehead atoms. The van der Waals surface area contributed by atoms with Gasteiger partial charge >= 0.3 is 0 Å². The molecule has 27 heavy (non-hydrogen) atoms.